The molecule has 6 nitrogen and oxygen atoms in total. The van der Waals surface area contributed by atoms with Gasteiger partial charge in [0.1, 0.15) is 5.75 Å². The highest BCUT2D eigenvalue weighted by Crippen LogP contribution is 2.27. The van der Waals surface area contributed by atoms with Gasteiger partial charge in [-0.15, -0.1) is 11.8 Å². The van der Waals surface area contributed by atoms with Gasteiger partial charge in [-0.2, -0.15) is 0 Å². The first-order valence-corrected chi connectivity index (χ1v) is 12.2. The lowest BCUT2D eigenvalue weighted by Gasteiger charge is -2.12. The maximum absolute atomic E-state index is 12.8. The van der Waals surface area contributed by atoms with Crippen molar-refractivity contribution in [2.45, 2.75) is 17.6 Å². The molecular weight excluding hydrogens is 432 g/mol. The lowest BCUT2D eigenvalue weighted by atomic mass is 10.2. The number of thioether (sulfide) groups is 1. The molecule has 0 saturated carbocycles. The molecular formula is C23H24N2O4S2. The summed E-state index contributed by atoms with van der Waals surface area (Å²) in [4.78, 5) is 12.3. The number of para-hydroxylation sites is 2. The van der Waals surface area contributed by atoms with E-state index in [1.165, 1.54) is 36.6 Å². The van der Waals surface area contributed by atoms with Crippen LogP contribution in [0.1, 0.15) is 11.1 Å². The SMILES string of the molecule is COc1ccccc1NS(=O)(=O)c1cccc(NC(=O)CSCc2cccc(C)c2)c1. The first kappa shape index (κ1) is 22.7. The van der Waals surface area contributed by atoms with Crippen molar-refractivity contribution < 1.29 is 17.9 Å². The number of methoxy groups -OCH3 is 1. The molecule has 0 fully saturated rings. The summed E-state index contributed by atoms with van der Waals surface area (Å²) in [7, 11) is -2.38. The molecule has 0 unspecified atom stereocenters. The second kappa shape index (κ2) is 10.4. The second-order valence-corrected chi connectivity index (χ2v) is 9.53. The van der Waals surface area contributed by atoms with Crippen LogP contribution in [0.3, 0.4) is 0 Å². The lowest BCUT2D eigenvalue weighted by Crippen LogP contribution is -2.16. The van der Waals surface area contributed by atoms with Crippen molar-refractivity contribution in [3.05, 3.63) is 83.9 Å². The Labute approximate surface area is 187 Å². The third kappa shape index (κ3) is 6.50. The van der Waals surface area contributed by atoms with E-state index in [9.17, 15) is 13.2 Å². The fourth-order valence-electron chi connectivity index (χ4n) is 2.93. The van der Waals surface area contributed by atoms with Gasteiger partial charge in [-0.25, -0.2) is 8.42 Å². The van der Waals surface area contributed by atoms with Crippen LogP contribution in [0.5, 0.6) is 5.75 Å². The normalized spacial score (nSPS) is 11.0. The van der Waals surface area contributed by atoms with Crippen molar-refractivity contribution >= 4 is 39.1 Å². The molecule has 0 bridgehead atoms. The Morgan fingerprint density at radius 3 is 2.55 bits per heavy atom. The average Bonchev–Trinajstić information content (AvgIpc) is 2.74. The van der Waals surface area contributed by atoms with E-state index in [-0.39, 0.29) is 16.6 Å². The molecule has 1 amide bonds. The molecule has 0 aromatic heterocycles. The third-order valence-electron chi connectivity index (χ3n) is 4.36. The van der Waals surface area contributed by atoms with E-state index in [0.717, 1.165) is 11.3 Å². The van der Waals surface area contributed by atoms with Crippen LogP contribution in [-0.2, 0) is 20.6 Å². The molecule has 3 aromatic carbocycles. The number of sulfonamides is 1. The highest BCUT2D eigenvalue weighted by molar-refractivity contribution is 7.99. The zero-order chi connectivity index (χ0) is 22.3. The van der Waals surface area contributed by atoms with Gasteiger partial charge in [-0.3, -0.25) is 9.52 Å². The van der Waals surface area contributed by atoms with Gasteiger partial charge in [0.05, 0.1) is 23.4 Å². The minimum atomic E-state index is -3.85. The number of carbonyl (C=O) groups excluding carboxylic acids is 1. The van der Waals surface area contributed by atoms with Crippen molar-refractivity contribution in [2.75, 3.05) is 22.9 Å². The van der Waals surface area contributed by atoms with Gasteiger partial charge >= 0.3 is 0 Å². The molecule has 3 rings (SSSR count). The smallest absolute Gasteiger partial charge is 0.262 e. The van der Waals surface area contributed by atoms with E-state index in [2.05, 4.69) is 16.1 Å². The monoisotopic (exact) mass is 456 g/mol. The Morgan fingerprint density at radius 1 is 1.00 bits per heavy atom. The third-order valence-corrected chi connectivity index (χ3v) is 6.73. The summed E-state index contributed by atoms with van der Waals surface area (Å²) in [5.74, 6) is 1.22. The van der Waals surface area contributed by atoms with Crippen LogP contribution < -0.4 is 14.8 Å². The molecule has 8 heteroatoms. The lowest BCUT2D eigenvalue weighted by molar-refractivity contribution is -0.113. The Kier molecular flexibility index (Phi) is 7.59. The molecule has 2 N–H and O–H groups in total. The topological polar surface area (TPSA) is 84.5 Å². The van der Waals surface area contributed by atoms with Gasteiger partial charge in [0.25, 0.3) is 10.0 Å². The number of hydrogen-bond acceptors (Lipinski definition) is 5. The Balaban J connectivity index is 1.62. The van der Waals surface area contributed by atoms with E-state index in [0.29, 0.717) is 17.1 Å². The van der Waals surface area contributed by atoms with E-state index in [4.69, 9.17) is 4.74 Å². The summed E-state index contributed by atoms with van der Waals surface area (Å²) in [6.45, 7) is 2.03. The maximum atomic E-state index is 12.8. The fraction of sp³-hybridized carbons (Fsp3) is 0.174. The molecule has 0 spiro atoms. The van der Waals surface area contributed by atoms with Gasteiger partial charge in [0, 0.05) is 11.4 Å². The van der Waals surface area contributed by atoms with Crippen LogP contribution in [-0.4, -0.2) is 27.2 Å². The Bertz CT molecular complexity index is 1160. The predicted octanol–water partition coefficient (Wildman–Crippen LogP) is 4.68. The van der Waals surface area contributed by atoms with Gasteiger partial charge in [0.2, 0.25) is 5.91 Å². The quantitative estimate of drug-likeness (QED) is 0.489. The first-order chi connectivity index (χ1) is 14.9. The Hall–Kier alpha value is -2.97. The summed E-state index contributed by atoms with van der Waals surface area (Å²) in [5, 5.41) is 2.76. The highest BCUT2D eigenvalue weighted by atomic mass is 32.2. The van der Waals surface area contributed by atoms with Crippen LogP contribution in [0.2, 0.25) is 0 Å². The van der Waals surface area contributed by atoms with Gasteiger partial charge in [-0.05, 0) is 42.8 Å². The van der Waals surface area contributed by atoms with Crippen molar-refractivity contribution in [1.82, 2.24) is 0 Å². The molecule has 0 aliphatic heterocycles. The summed E-state index contributed by atoms with van der Waals surface area (Å²) in [5.41, 5.74) is 3.10. The molecule has 0 aliphatic rings. The summed E-state index contributed by atoms with van der Waals surface area (Å²) in [6.07, 6.45) is 0. The number of aryl methyl sites for hydroxylation is 1. The summed E-state index contributed by atoms with van der Waals surface area (Å²) in [6, 6.07) is 21.1. The molecule has 0 saturated heterocycles. The molecule has 0 aliphatic carbocycles. The van der Waals surface area contributed by atoms with Crippen LogP contribution in [0.25, 0.3) is 0 Å². The van der Waals surface area contributed by atoms with E-state index in [1.54, 1.807) is 36.4 Å². The highest BCUT2D eigenvalue weighted by Gasteiger charge is 2.17. The van der Waals surface area contributed by atoms with Crippen LogP contribution >= 0.6 is 11.8 Å². The van der Waals surface area contributed by atoms with Crippen molar-refractivity contribution in [2.24, 2.45) is 0 Å². The number of carbonyl (C=O) groups is 1. The van der Waals surface area contributed by atoms with E-state index in [1.807, 2.05) is 25.1 Å². The molecule has 0 heterocycles. The minimum Gasteiger partial charge on any atom is -0.495 e. The number of anilines is 2. The number of ether oxygens (including phenoxy) is 1. The van der Waals surface area contributed by atoms with E-state index < -0.39 is 10.0 Å². The number of hydrogen-bond donors (Lipinski definition) is 2. The fourth-order valence-corrected chi connectivity index (χ4v) is 4.82. The van der Waals surface area contributed by atoms with Crippen LogP contribution in [0.4, 0.5) is 11.4 Å². The largest absolute Gasteiger partial charge is 0.495 e. The van der Waals surface area contributed by atoms with Crippen LogP contribution in [0.15, 0.2) is 77.7 Å². The number of rotatable bonds is 9. The zero-order valence-electron chi connectivity index (χ0n) is 17.3. The summed E-state index contributed by atoms with van der Waals surface area (Å²) >= 11 is 1.50. The number of benzene rings is 3. The number of amides is 1. The summed E-state index contributed by atoms with van der Waals surface area (Å²) < 4.78 is 33.3. The standard InChI is InChI=1S/C23H24N2O4S2/c1-17-7-5-8-18(13-17)15-30-16-23(26)24-19-9-6-10-20(14-19)31(27,28)25-21-11-3-4-12-22(21)29-2/h3-14,25H,15-16H2,1-2H3,(H,24,26). The zero-order valence-corrected chi connectivity index (χ0v) is 18.9. The Morgan fingerprint density at radius 2 is 1.77 bits per heavy atom. The minimum absolute atomic E-state index is 0.0450. The predicted molar refractivity (Wildman–Crippen MR) is 126 cm³/mol. The van der Waals surface area contributed by atoms with Gasteiger partial charge < -0.3 is 10.1 Å². The molecule has 31 heavy (non-hydrogen) atoms. The molecule has 162 valence electrons. The van der Waals surface area contributed by atoms with Crippen molar-refractivity contribution in [3.63, 3.8) is 0 Å². The maximum Gasteiger partial charge on any atom is 0.262 e. The van der Waals surface area contributed by atoms with Gasteiger partial charge in [-0.1, -0.05) is 48.0 Å². The van der Waals surface area contributed by atoms with Gasteiger partial charge in [0.15, 0.2) is 0 Å². The van der Waals surface area contributed by atoms with Crippen molar-refractivity contribution in [3.8, 4) is 5.75 Å². The van der Waals surface area contributed by atoms with Crippen LogP contribution in [0, 0.1) is 6.92 Å². The average molecular weight is 457 g/mol. The first-order valence-electron chi connectivity index (χ1n) is 9.56. The molecule has 0 atom stereocenters. The second-order valence-electron chi connectivity index (χ2n) is 6.86. The van der Waals surface area contributed by atoms with E-state index >= 15 is 0 Å². The molecule has 3 aromatic rings. The molecule has 0 radical (unpaired) electrons. The number of nitrogens with one attached hydrogen (secondary N) is 2. The van der Waals surface area contributed by atoms with Crippen molar-refractivity contribution in [1.29, 1.82) is 0 Å².